The molecule has 0 radical (unpaired) electrons. The summed E-state index contributed by atoms with van der Waals surface area (Å²) < 4.78 is 39.6. The molecule has 2 aliphatic rings. The highest BCUT2D eigenvalue weighted by Gasteiger charge is 2.58. The van der Waals surface area contributed by atoms with Gasteiger partial charge < -0.3 is 10.4 Å². The Hall–Kier alpha value is -2.82. The van der Waals surface area contributed by atoms with Gasteiger partial charge in [-0.05, 0) is 80.9 Å². The number of aliphatic hydroxyl groups is 1. The lowest BCUT2D eigenvalue weighted by molar-refractivity contribution is -0.138. The number of hydrogen-bond donors (Lipinski definition) is 2. The second-order valence-electron chi connectivity index (χ2n) is 10.3. The predicted octanol–water partition coefficient (Wildman–Crippen LogP) is 4.75. The number of nitrogens with one attached hydrogen (secondary N) is 1. The first kappa shape index (κ1) is 25.3. The van der Waals surface area contributed by atoms with Gasteiger partial charge in [0, 0.05) is 24.6 Å². The molecule has 2 fully saturated rings. The summed E-state index contributed by atoms with van der Waals surface area (Å²) in [7, 11) is 0. The van der Waals surface area contributed by atoms with Gasteiger partial charge in [0.05, 0.1) is 5.56 Å². The summed E-state index contributed by atoms with van der Waals surface area (Å²) in [4.78, 5) is 15.1. The summed E-state index contributed by atoms with van der Waals surface area (Å²) >= 11 is 0. The Balaban J connectivity index is 1.25. The van der Waals surface area contributed by atoms with Gasteiger partial charge in [-0.15, -0.1) is 0 Å². The van der Waals surface area contributed by atoms with Gasteiger partial charge in [-0.2, -0.15) is 13.2 Å². The first-order valence-electron chi connectivity index (χ1n) is 11.9. The average molecular weight is 485 g/mol. The molecule has 1 saturated carbocycles. The van der Waals surface area contributed by atoms with E-state index in [1.54, 1.807) is 19.9 Å². The van der Waals surface area contributed by atoms with Crippen LogP contribution < -0.4 is 5.32 Å². The molecule has 0 aromatic heterocycles. The van der Waals surface area contributed by atoms with Crippen molar-refractivity contribution in [2.45, 2.75) is 58.0 Å². The van der Waals surface area contributed by atoms with Crippen molar-refractivity contribution in [1.82, 2.24) is 10.2 Å². The fourth-order valence-electron chi connectivity index (χ4n) is 4.86. The van der Waals surface area contributed by atoms with Gasteiger partial charge in [0.15, 0.2) is 0 Å². The maximum absolute atomic E-state index is 13.2. The molecule has 0 unspecified atom stereocenters. The quantitative estimate of drug-likeness (QED) is 0.603. The van der Waals surface area contributed by atoms with E-state index in [4.69, 9.17) is 0 Å². The highest BCUT2D eigenvalue weighted by Crippen LogP contribution is 2.59. The van der Waals surface area contributed by atoms with E-state index in [9.17, 15) is 23.1 Å². The molecule has 2 aromatic carbocycles. The second kappa shape index (κ2) is 9.67. The van der Waals surface area contributed by atoms with Crippen LogP contribution in [0.25, 0.3) is 0 Å². The number of nitrogens with zero attached hydrogens (tertiary/aromatic N) is 1. The summed E-state index contributed by atoms with van der Waals surface area (Å²) in [6.07, 6.45) is -1.79. The van der Waals surface area contributed by atoms with E-state index >= 15 is 0 Å². The molecule has 0 bridgehead atoms. The number of hydrogen-bond acceptors (Lipinski definition) is 3. The predicted molar refractivity (Wildman–Crippen MR) is 128 cm³/mol. The van der Waals surface area contributed by atoms with Gasteiger partial charge in [0.1, 0.15) is 5.60 Å². The monoisotopic (exact) mass is 484 g/mol. The maximum Gasteiger partial charge on any atom is 0.416 e. The van der Waals surface area contributed by atoms with E-state index < -0.39 is 17.3 Å². The Labute approximate surface area is 204 Å². The Morgan fingerprint density at radius 2 is 1.77 bits per heavy atom. The van der Waals surface area contributed by atoms with Gasteiger partial charge >= 0.3 is 6.18 Å². The van der Waals surface area contributed by atoms with E-state index in [2.05, 4.69) is 22.1 Å². The van der Waals surface area contributed by atoms with Crippen molar-refractivity contribution in [3.8, 4) is 11.8 Å². The summed E-state index contributed by atoms with van der Waals surface area (Å²) in [5.74, 6) is 5.53. The normalized spacial score (nSPS) is 19.7. The molecular formula is C28H31F3N2O2. The summed E-state index contributed by atoms with van der Waals surface area (Å²) in [5, 5.41) is 12.5. The number of carbonyl (C=O) groups is 1. The summed E-state index contributed by atoms with van der Waals surface area (Å²) in [6.45, 7) is 5.79. The van der Waals surface area contributed by atoms with Gasteiger partial charge in [0.25, 0.3) is 0 Å². The van der Waals surface area contributed by atoms with Gasteiger partial charge in [-0.1, -0.05) is 42.2 Å². The SMILES string of the molecule is CC(C)(O)C#Cc1ccc(CN2CCC3(CC2)C[C@@H]3C(=O)NCc2ccccc2C(F)(F)F)cc1. The van der Waals surface area contributed by atoms with Crippen LogP contribution in [0.1, 0.15) is 55.4 Å². The molecule has 35 heavy (non-hydrogen) atoms. The molecule has 1 amide bonds. The van der Waals surface area contributed by atoms with Crippen LogP contribution in [0.2, 0.25) is 0 Å². The first-order valence-corrected chi connectivity index (χ1v) is 11.9. The second-order valence-corrected chi connectivity index (χ2v) is 10.3. The molecule has 1 saturated heterocycles. The van der Waals surface area contributed by atoms with Crippen LogP contribution in [0.15, 0.2) is 48.5 Å². The average Bonchev–Trinajstić information content (AvgIpc) is 3.51. The van der Waals surface area contributed by atoms with Crippen LogP contribution in [0.5, 0.6) is 0 Å². The number of benzene rings is 2. The molecule has 1 atom stereocenters. The van der Waals surface area contributed by atoms with E-state index in [-0.39, 0.29) is 29.3 Å². The van der Waals surface area contributed by atoms with Gasteiger partial charge in [0.2, 0.25) is 5.91 Å². The molecule has 7 heteroatoms. The van der Waals surface area contributed by atoms with Gasteiger partial charge in [-0.25, -0.2) is 0 Å². The van der Waals surface area contributed by atoms with Crippen LogP contribution in [0.4, 0.5) is 13.2 Å². The van der Waals surface area contributed by atoms with Crippen LogP contribution in [-0.2, 0) is 24.1 Å². The Bertz CT molecular complexity index is 1120. The molecule has 1 aliphatic carbocycles. The van der Waals surface area contributed by atoms with E-state index in [1.165, 1.54) is 17.7 Å². The van der Waals surface area contributed by atoms with E-state index in [1.807, 2.05) is 24.3 Å². The number of piperidine rings is 1. The number of amides is 1. The molecule has 2 N–H and O–H groups in total. The van der Waals surface area contributed by atoms with Crippen molar-refractivity contribution >= 4 is 5.91 Å². The lowest BCUT2D eigenvalue weighted by atomic mass is 9.90. The molecule has 1 heterocycles. The highest BCUT2D eigenvalue weighted by atomic mass is 19.4. The van der Waals surface area contributed by atoms with E-state index in [0.717, 1.165) is 50.5 Å². The Kier molecular flexibility index (Phi) is 6.99. The van der Waals surface area contributed by atoms with Crippen molar-refractivity contribution in [2.75, 3.05) is 13.1 Å². The van der Waals surface area contributed by atoms with Crippen molar-refractivity contribution in [3.05, 3.63) is 70.8 Å². The minimum atomic E-state index is -4.43. The third kappa shape index (κ3) is 6.45. The molecule has 4 nitrogen and oxygen atoms in total. The zero-order valence-electron chi connectivity index (χ0n) is 20.1. The van der Waals surface area contributed by atoms with E-state index in [0.29, 0.717) is 0 Å². The van der Waals surface area contributed by atoms with Crippen molar-refractivity contribution in [2.24, 2.45) is 11.3 Å². The molecule has 1 spiro atoms. The molecule has 1 aliphatic heterocycles. The summed E-state index contributed by atoms with van der Waals surface area (Å²) in [5.41, 5.74) is 0.404. The number of likely N-dealkylation sites (tertiary alicyclic amines) is 1. The fourth-order valence-corrected chi connectivity index (χ4v) is 4.86. The summed E-state index contributed by atoms with van der Waals surface area (Å²) in [6, 6.07) is 13.4. The minimum absolute atomic E-state index is 0.0132. The first-order chi connectivity index (χ1) is 16.5. The number of rotatable bonds is 5. The van der Waals surface area contributed by atoms with Crippen LogP contribution in [-0.4, -0.2) is 34.6 Å². The smallest absolute Gasteiger partial charge is 0.378 e. The number of carbonyl (C=O) groups excluding carboxylic acids is 1. The third-order valence-corrected chi connectivity index (χ3v) is 7.01. The standard InChI is InChI=1S/C28H31F3N2O2/c1-26(2,35)12-11-20-7-9-21(10-8-20)19-33-15-13-27(14-16-33)17-24(27)25(34)32-18-22-5-3-4-6-23(22)28(29,30)31/h3-10,24,35H,13-19H2,1-2H3,(H,32,34)/t24-/m1/s1. The van der Waals surface area contributed by atoms with Crippen molar-refractivity contribution < 1.29 is 23.1 Å². The minimum Gasteiger partial charge on any atom is -0.378 e. The third-order valence-electron chi connectivity index (χ3n) is 7.01. The van der Waals surface area contributed by atoms with Crippen LogP contribution in [0.3, 0.4) is 0 Å². The largest absolute Gasteiger partial charge is 0.416 e. The lowest BCUT2D eigenvalue weighted by Crippen LogP contribution is -2.36. The van der Waals surface area contributed by atoms with Crippen LogP contribution >= 0.6 is 0 Å². The molecular weight excluding hydrogens is 453 g/mol. The Morgan fingerprint density at radius 3 is 2.40 bits per heavy atom. The van der Waals surface area contributed by atoms with Crippen molar-refractivity contribution in [1.29, 1.82) is 0 Å². The fraction of sp³-hybridized carbons (Fsp3) is 0.464. The van der Waals surface area contributed by atoms with Crippen LogP contribution in [0, 0.1) is 23.2 Å². The topological polar surface area (TPSA) is 52.6 Å². The lowest BCUT2D eigenvalue weighted by Gasteiger charge is -2.32. The zero-order valence-corrected chi connectivity index (χ0v) is 20.1. The number of alkyl halides is 3. The Morgan fingerprint density at radius 1 is 1.11 bits per heavy atom. The van der Waals surface area contributed by atoms with Crippen molar-refractivity contribution in [3.63, 3.8) is 0 Å². The zero-order chi connectivity index (χ0) is 25.3. The highest BCUT2D eigenvalue weighted by molar-refractivity contribution is 5.82. The molecule has 4 rings (SSSR count). The van der Waals surface area contributed by atoms with Gasteiger partial charge in [-0.3, -0.25) is 9.69 Å². The number of halogens is 3. The maximum atomic E-state index is 13.2. The molecule has 2 aromatic rings. The molecule has 186 valence electrons.